The molecule has 0 radical (unpaired) electrons. The standard InChI is InChI=1S/C19H14F3N7O.C17H10ClF3N6.C5H5ClN2.C2H5NO.CH4/c1-11(30)24-16-10-12(7-8-23-16)25-18-14-5-3-9-29(14)28-17(27-18)13-4-2-6-15(26-13)19(20,21)22;18-14-9-10(6-7-22-14)23-16-12-4-2-8-27(12)26-15(25-16)11-3-1-5-13(24-11)17(19,20)21;6-5-3-4(7)1-2-8-5;1-2(3)4;/h2-10H,1H3,(H2,23,24,25,27,28,30);1-9H,(H,22,23,25,26);1-3H,(H2,7,8);1H3,(H2,3,4);1H4. The van der Waals surface area contributed by atoms with Crippen molar-refractivity contribution in [2.75, 3.05) is 21.7 Å². The minimum Gasteiger partial charge on any atom is -0.399 e. The second-order valence-electron chi connectivity index (χ2n) is 13.8. The van der Waals surface area contributed by atoms with E-state index in [0.717, 1.165) is 12.1 Å². The van der Waals surface area contributed by atoms with Crippen molar-refractivity contribution in [3.63, 3.8) is 0 Å². The van der Waals surface area contributed by atoms with E-state index in [4.69, 9.17) is 28.9 Å². The van der Waals surface area contributed by atoms with Crippen LogP contribution in [0, 0.1) is 0 Å². The number of carbonyl (C=O) groups excluding carboxylic acids is 2. The zero-order valence-corrected chi connectivity index (χ0v) is 37.1. The van der Waals surface area contributed by atoms with Gasteiger partial charge in [-0.1, -0.05) is 42.8 Å². The Labute approximate surface area is 403 Å². The molecule has 0 bridgehead atoms. The Balaban J connectivity index is 0.000000209. The number of amides is 2. The molecule has 0 aromatic carbocycles. The zero-order chi connectivity index (χ0) is 49.9. The fourth-order valence-electron chi connectivity index (χ4n) is 5.63. The van der Waals surface area contributed by atoms with Gasteiger partial charge in [0, 0.05) is 68.0 Å². The van der Waals surface area contributed by atoms with Gasteiger partial charge in [0.1, 0.15) is 49.9 Å². The number of hydrogen-bond donors (Lipinski definition) is 5. The quantitative estimate of drug-likeness (QED) is 0.0737. The Kier molecular flexibility index (Phi) is 17.2. The summed E-state index contributed by atoms with van der Waals surface area (Å²) in [4.78, 5) is 48.2. The molecular formula is C44H38Cl2F6N16O2. The number of anilines is 6. The minimum absolute atomic E-state index is 0. The fourth-order valence-corrected chi connectivity index (χ4v) is 5.99. The molecule has 0 fully saturated rings. The summed E-state index contributed by atoms with van der Waals surface area (Å²) in [6.45, 7) is 2.67. The summed E-state index contributed by atoms with van der Waals surface area (Å²) in [7, 11) is 0. The molecule has 0 unspecified atom stereocenters. The second kappa shape index (κ2) is 23.0. The van der Waals surface area contributed by atoms with E-state index in [0.29, 0.717) is 55.9 Å². The van der Waals surface area contributed by atoms with Crippen molar-refractivity contribution in [3.05, 3.63) is 150 Å². The van der Waals surface area contributed by atoms with Crippen LogP contribution in [-0.2, 0) is 21.9 Å². The number of hydrogen-bond acceptors (Lipinski definition) is 14. The molecule has 7 N–H and O–H groups in total. The van der Waals surface area contributed by atoms with Gasteiger partial charge in [0.2, 0.25) is 23.5 Å². The molecule has 0 aliphatic carbocycles. The van der Waals surface area contributed by atoms with Gasteiger partial charge in [-0.05, 0) is 78.9 Å². The van der Waals surface area contributed by atoms with Gasteiger partial charge in [-0.25, -0.2) is 43.9 Å². The summed E-state index contributed by atoms with van der Waals surface area (Å²) in [6, 6.07) is 24.0. The molecule has 9 aromatic heterocycles. The number of carbonyl (C=O) groups is 2. The fraction of sp³-hybridized carbons (Fsp3) is 0.114. The summed E-state index contributed by atoms with van der Waals surface area (Å²) in [5.41, 5.74) is 10.8. The molecule has 0 atom stereocenters. The molecule has 9 rings (SSSR count). The Hall–Kier alpha value is -8.51. The maximum Gasteiger partial charge on any atom is 0.433 e. The normalized spacial score (nSPS) is 10.8. The van der Waals surface area contributed by atoms with Gasteiger partial charge in [0.15, 0.2) is 11.6 Å². The van der Waals surface area contributed by atoms with Crippen LogP contribution in [0.4, 0.5) is 60.9 Å². The topological polar surface area (TPSA) is 247 Å². The number of nitrogens with one attached hydrogen (secondary N) is 3. The molecule has 0 saturated heterocycles. The van der Waals surface area contributed by atoms with Gasteiger partial charge >= 0.3 is 12.4 Å². The van der Waals surface area contributed by atoms with Gasteiger partial charge < -0.3 is 27.4 Å². The summed E-state index contributed by atoms with van der Waals surface area (Å²) < 4.78 is 80.9. The molecule has 0 spiro atoms. The van der Waals surface area contributed by atoms with E-state index >= 15 is 0 Å². The predicted octanol–water partition coefficient (Wildman–Crippen LogP) is 9.95. The van der Waals surface area contributed by atoms with Crippen molar-refractivity contribution in [1.82, 2.24) is 54.1 Å². The third-order valence-corrected chi connectivity index (χ3v) is 8.80. The van der Waals surface area contributed by atoms with Crippen LogP contribution < -0.4 is 27.4 Å². The first kappa shape index (κ1) is 52.5. The highest BCUT2D eigenvalue weighted by molar-refractivity contribution is 6.29. The molecule has 18 nitrogen and oxygen atoms in total. The van der Waals surface area contributed by atoms with Crippen LogP contribution in [0.1, 0.15) is 32.7 Å². The number of primary amides is 1. The average molecular weight is 1010 g/mol. The lowest BCUT2D eigenvalue weighted by Gasteiger charge is -2.11. The summed E-state index contributed by atoms with van der Waals surface area (Å²) >= 11 is 11.3. The van der Waals surface area contributed by atoms with E-state index in [1.54, 1.807) is 79.3 Å². The molecule has 26 heteroatoms. The third-order valence-electron chi connectivity index (χ3n) is 8.39. The van der Waals surface area contributed by atoms with Crippen LogP contribution in [0.3, 0.4) is 0 Å². The first-order valence-corrected chi connectivity index (χ1v) is 20.3. The van der Waals surface area contributed by atoms with E-state index in [1.807, 2.05) is 0 Å². The predicted molar refractivity (Wildman–Crippen MR) is 252 cm³/mol. The van der Waals surface area contributed by atoms with Crippen LogP contribution in [0.5, 0.6) is 0 Å². The molecule has 2 amide bonds. The highest BCUT2D eigenvalue weighted by Gasteiger charge is 2.33. The number of aromatic nitrogens is 11. The monoisotopic (exact) mass is 1010 g/mol. The van der Waals surface area contributed by atoms with Crippen molar-refractivity contribution in [2.24, 2.45) is 5.73 Å². The van der Waals surface area contributed by atoms with Crippen molar-refractivity contribution in [1.29, 1.82) is 0 Å². The van der Waals surface area contributed by atoms with Crippen LogP contribution in [-0.4, -0.2) is 65.9 Å². The van der Waals surface area contributed by atoms with Gasteiger partial charge in [-0.15, -0.1) is 10.2 Å². The Morgan fingerprint density at radius 2 is 1.04 bits per heavy atom. The van der Waals surface area contributed by atoms with Gasteiger partial charge in [0.25, 0.3) is 0 Å². The molecule has 0 saturated carbocycles. The van der Waals surface area contributed by atoms with Gasteiger partial charge in [0.05, 0.1) is 0 Å². The van der Waals surface area contributed by atoms with E-state index in [-0.39, 0.29) is 42.3 Å². The van der Waals surface area contributed by atoms with Crippen LogP contribution in [0.25, 0.3) is 34.1 Å². The lowest BCUT2D eigenvalue weighted by molar-refractivity contribution is -0.141. The van der Waals surface area contributed by atoms with E-state index in [2.05, 4.69) is 66.8 Å². The van der Waals surface area contributed by atoms with Crippen LogP contribution in [0.2, 0.25) is 10.3 Å². The Morgan fingerprint density at radius 3 is 1.46 bits per heavy atom. The third kappa shape index (κ3) is 14.7. The van der Waals surface area contributed by atoms with E-state index in [1.165, 1.54) is 59.5 Å². The Bertz CT molecular complexity index is 3220. The number of halogens is 8. The smallest absolute Gasteiger partial charge is 0.399 e. The van der Waals surface area contributed by atoms with E-state index < -0.39 is 23.7 Å². The van der Waals surface area contributed by atoms with Crippen LogP contribution >= 0.6 is 23.2 Å². The number of nitrogen functional groups attached to an aromatic ring is 1. The minimum atomic E-state index is -4.58. The van der Waals surface area contributed by atoms with Crippen molar-refractivity contribution in [2.45, 2.75) is 33.6 Å². The Morgan fingerprint density at radius 1 is 0.600 bits per heavy atom. The van der Waals surface area contributed by atoms with Crippen molar-refractivity contribution < 1.29 is 35.9 Å². The molecule has 9 heterocycles. The maximum atomic E-state index is 13.0. The summed E-state index contributed by atoms with van der Waals surface area (Å²) in [5.74, 6) is 0.549. The number of nitrogens with zero attached hydrogens (tertiary/aromatic N) is 11. The molecule has 362 valence electrons. The first-order valence-electron chi connectivity index (χ1n) is 19.5. The van der Waals surface area contributed by atoms with Gasteiger partial charge in [-0.2, -0.15) is 26.3 Å². The highest BCUT2D eigenvalue weighted by atomic mass is 35.5. The number of pyridine rings is 5. The largest absolute Gasteiger partial charge is 0.433 e. The summed E-state index contributed by atoms with van der Waals surface area (Å²) in [5, 5.41) is 18.0. The van der Waals surface area contributed by atoms with Crippen LogP contribution in [0.15, 0.2) is 128 Å². The molecule has 0 aliphatic rings. The first-order chi connectivity index (χ1) is 32.7. The number of nitrogens with two attached hydrogens (primary N) is 2. The lowest BCUT2D eigenvalue weighted by Crippen LogP contribution is -2.10. The zero-order valence-electron chi connectivity index (χ0n) is 35.5. The molecule has 0 aliphatic heterocycles. The molecule has 70 heavy (non-hydrogen) atoms. The van der Waals surface area contributed by atoms with Gasteiger partial charge in [-0.3, -0.25) is 9.59 Å². The average Bonchev–Trinajstić information content (AvgIpc) is 3.97. The molecule has 9 aromatic rings. The number of fused-ring (bicyclic) bond motifs is 2. The SMILES string of the molecule is C.CC(=O)Nc1cc(Nc2nc(-c3cccc(C(F)(F)F)n3)nn3cccc23)ccn1.CC(N)=O.FC(F)(F)c1cccc(-c2nc(Nc3ccnc(Cl)c3)c3cccn3n2)n1.Nc1ccnc(Cl)c1. The lowest BCUT2D eigenvalue weighted by atomic mass is 10.3. The second-order valence-corrected chi connectivity index (χ2v) is 14.6. The maximum absolute atomic E-state index is 13.0. The number of alkyl halides is 6. The highest BCUT2D eigenvalue weighted by Crippen LogP contribution is 2.31. The molecular weight excluding hydrogens is 969 g/mol. The van der Waals surface area contributed by atoms with E-state index in [9.17, 15) is 35.9 Å². The van der Waals surface area contributed by atoms with Crippen molar-refractivity contribution in [3.8, 4) is 23.0 Å². The van der Waals surface area contributed by atoms with Crippen molar-refractivity contribution >= 4 is 80.6 Å². The number of rotatable bonds is 7. The summed E-state index contributed by atoms with van der Waals surface area (Å²) in [6.07, 6.45) is -1.23.